The Hall–Kier alpha value is -1.84. The van der Waals surface area contributed by atoms with Crippen LogP contribution in [0.25, 0.3) is 0 Å². The van der Waals surface area contributed by atoms with Gasteiger partial charge in [0.1, 0.15) is 0 Å². The first-order valence-corrected chi connectivity index (χ1v) is 9.79. The van der Waals surface area contributed by atoms with Gasteiger partial charge < -0.3 is 4.57 Å². The molecule has 0 bridgehead atoms. The number of rotatable bonds is 3. The molecule has 1 aromatic carbocycles. The van der Waals surface area contributed by atoms with Gasteiger partial charge in [0.2, 0.25) is 10.0 Å². The van der Waals surface area contributed by atoms with Gasteiger partial charge in [-0.15, -0.1) is 11.8 Å². The van der Waals surface area contributed by atoms with Crippen LogP contribution in [0.1, 0.15) is 18.0 Å². The third-order valence-corrected chi connectivity index (χ3v) is 6.54. The van der Waals surface area contributed by atoms with Crippen LogP contribution in [0.5, 0.6) is 0 Å². The summed E-state index contributed by atoms with van der Waals surface area (Å²) >= 11 is 1.68. The van der Waals surface area contributed by atoms with Crippen LogP contribution in [0.4, 0.5) is 0 Å². The predicted octanol–water partition coefficient (Wildman–Crippen LogP) is 0.599. The first kappa shape index (κ1) is 17.0. The number of nitrogens with one attached hydrogen (secondary N) is 1. The molecule has 0 saturated carbocycles. The number of benzene rings is 1. The van der Waals surface area contributed by atoms with Gasteiger partial charge in [0, 0.05) is 31.2 Å². The van der Waals surface area contributed by atoms with E-state index < -0.39 is 32.2 Å². The van der Waals surface area contributed by atoms with E-state index in [9.17, 15) is 18.0 Å². The van der Waals surface area contributed by atoms with E-state index in [-0.39, 0.29) is 0 Å². The Labute approximate surface area is 143 Å². The lowest BCUT2D eigenvalue weighted by Gasteiger charge is -2.25. The number of sulfonamides is 1. The van der Waals surface area contributed by atoms with Crippen molar-refractivity contribution in [3.63, 3.8) is 0 Å². The quantitative estimate of drug-likeness (QED) is 0.858. The Bertz CT molecular complexity index is 1010. The van der Waals surface area contributed by atoms with Crippen LogP contribution in [0.3, 0.4) is 0 Å². The average Bonchev–Trinajstić information content (AvgIpc) is 2.56. The molecule has 0 fully saturated rings. The van der Waals surface area contributed by atoms with Gasteiger partial charge in [-0.3, -0.25) is 9.36 Å². The zero-order valence-corrected chi connectivity index (χ0v) is 14.9. The summed E-state index contributed by atoms with van der Waals surface area (Å²) in [4.78, 5) is 24.5. The molecular weight excluding hydrogens is 350 g/mol. The highest BCUT2D eigenvalue weighted by molar-refractivity contribution is 7.99. The number of hydrogen-bond donors (Lipinski definition) is 1. The van der Waals surface area contributed by atoms with Crippen molar-refractivity contribution in [2.24, 2.45) is 14.1 Å². The van der Waals surface area contributed by atoms with Crippen LogP contribution < -0.4 is 16.0 Å². The molecule has 0 spiro atoms. The number of thioether (sulfide) groups is 1. The monoisotopic (exact) mass is 367 g/mol. The fourth-order valence-corrected chi connectivity index (χ4v) is 5.21. The van der Waals surface area contributed by atoms with E-state index in [0.717, 1.165) is 31.5 Å². The Morgan fingerprint density at radius 1 is 1.21 bits per heavy atom. The molecule has 1 aliphatic rings. The van der Waals surface area contributed by atoms with Gasteiger partial charge in [0.15, 0.2) is 4.90 Å². The molecule has 1 aromatic heterocycles. The molecule has 128 valence electrons. The second-order valence-electron chi connectivity index (χ2n) is 5.60. The molecular formula is C15H17N3O4S2. The van der Waals surface area contributed by atoms with E-state index in [1.807, 2.05) is 24.3 Å². The van der Waals surface area contributed by atoms with Gasteiger partial charge in [0.25, 0.3) is 5.56 Å². The number of nitrogens with zero attached hydrogens (tertiary/aromatic N) is 2. The van der Waals surface area contributed by atoms with Gasteiger partial charge in [-0.05, 0) is 23.8 Å². The van der Waals surface area contributed by atoms with Gasteiger partial charge in [-0.1, -0.05) is 18.2 Å². The second-order valence-corrected chi connectivity index (χ2v) is 8.42. The van der Waals surface area contributed by atoms with Crippen LogP contribution in [-0.2, 0) is 24.1 Å². The molecule has 3 rings (SSSR count). The van der Waals surface area contributed by atoms with Crippen LogP contribution in [-0.4, -0.2) is 23.3 Å². The normalized spacial score (nSPS) is 17.5. The molecule has 1 N–H and O–H groups in total. The molecule has 9 heteroatoms. The molecule has 1 atom stereocenters. The lowest BCUT2D eigenvalue weighted by Crippen LogP contribution is -2.42. The molecule has 1 aliphatic heterocycles. The van der Waals surface area contributed by atoms with Crippen molar-refractivity contribution in [1.29, 1.82) is 0 Å². The van der Waals surface area contributed by atoms with Crippen LogP contribution in [0, 0.1) is 0 Å². The Morgan fingerprint density at radius 2 is 1.92 bits per heavy atom. The first-order chi connectivity index (χ1) is 11.3. The summed E-state index contributed by atoms with van der Waals surface area (Å²) in [6.45, 7) is 0. The van der Waals surface area contributed by atoms with Crippen molar-refractivity contribution in [2.75, 3.05) is 5.75 Å². The molecule has 2 heterocycles. The lowest BCUT2D eigenvalue weighted by atomic mass is 10.1. The van der Waals surface area contributed by atoms with Crippen molar-refractivity contribution < 1.29 is 8.42 Å². The smallest absolute Gasteiger partial charge is 0.302 e. The van der Waals surface area contributed by atoms with Crippen LogP contribution >= 0.6 is 11.8 Å². The summed E-state index contributed by atoms with van der Waals surface area (Å²) in [6.07, 6.45) is 1.70. The molecule has 0 amide bonds. The predicted molar refractivity (Wildman–Crippen MR) is 91.8 cm³/mol. The number of fused-ring (bicyclic) bond motifs is 1. The van der Waals surface area contributed by atoms with Gasteiger partial charge in [-0.25, -0.2) is 17.9 Å². The number of hydrogen-bond acceptors (Lipinski definition) is 5. The summed E-state index contributed by atoms with van der Waals surface area (Å²) in [6, 6.07) is 7.21. The molecule has 1 unspecified atom stereocenters. The fourth-order valence-electron chi connectivity index (χ4n) is 2.67. The van der Waals surface area contributed by atoms with Gasteiger partial charge in [0.05, 0.1) is 0 Å². The summed E-state index contributed by atoms with van der Waals surface area (Å²) in [5.74, 6) is 0.787. The maximum absolute atomic E-state index is 12.7. The Kier molecular flexibility index (Phi) is 4.41. The van der Waals surface area contributed by atoms with E-state index in [4.69, 9.17) is 0 Å². The van der Waals surface area contributed by atoms with Gasteiger partial charge in [-0.2, -0.15) is 0 Å². The molecule has 24 heavy (non-hydrogen) atoms. The van der Waals surface area contributed by atoms with Crippen molar-refractivity contribution in [3.05, 3.63) is 56.9 Å². The Morgan fingerprint density at radius 3 is 2.67 bits per heavy atom. The number of aromatic nitrogens is 2. The minimum absolute atomic E-state index is 0.394. The molecule has 0 aliphatic carbocycles. The zero-order valence-electron chi connectivity index (χ0n) is 13.2. The van der Waals surface area contributed by atoms with Crippen LogP contribution in [0.2, 0.25) is 0 Å². The summed E-state index contributed by atoms with van der Waals surface area (Å²) in [5, 5.41) is 0. The topological polar surface area (TPSA) is 90.2 Å². The minimum Gasteiger partial charge on any atom is -0.302 e. The molecule has 2 aromatic rings. The van der Waals surface area contributed by atoms with Crippen molar-refractivity contribution >= 4 is 21.8 Å². The van der Waals surface area contributed by atoms with E-state index in [2.05, 4.69) is 4.72 Å². The van der Waals surface area contributed by atoms with Crippen molar-refractivity contribution in [1.82, 2.24) is 13.9 Å². The maximum Gasteiger partial charge on any atom is 0.330 e. The highest BCUT2D eigenvalue weighted by atomic mass is 32.2. The van der Waals surface area contributed by atoms with Crippen molar-refractivity contribution in [2.45, 2.75) is 22.3 Å². The highest BCUT2D eigenvalue weighted by Gasteiger charge is 2.28. The second kappa shape index (κ2) is 6.23. The van der Waals surface area contributed by atoms with Crippen LogP contribution in [0.15, 0.2) is 49.8 Å². The lowest BCUT2D eigenvalue weighted by molar-refractivity contribution is 0.539. The molecule has 7 nitrogen and oxygen atoms in total. The highest BCUT2D eigenvalue weighted by Crippen LogP contribution is 2.36. The first-order valence-electron chi connectivity index (χ1n) is 7.32. The maximum atomic E-state index is 12.7. The van der Waals surface area contributed by atoms with E-state index in [1.54, 1.807) is 11.8 Å². The Balaban J connectivity index is 2.03. The zero-order chi connectivity index (χ0) is 17.5. The minimum atomic E-state index is -4.05. The molecule has 0 saturated heterocycles. The summed E-state index contributed by atoms with van der Waals surface area (Å²) in [7, 11) is -1.38. The standard InChI is InChI=1S/C15H17N3O4S2/c1-17-9-13(14(19)18(2)15(17)20)24(21,22)16-11-7-8-23-12-6-4-3-5-10(11)12/h3-6,9,11,16H,7-8H2,1-2H3. The van der Waals surface area contributed by atoms with Gasteiger partial charge >= 0.3 is 5.69 Å². The third-order valence-electron chi connectivity index (χ3n) is 3.96. The average molecular weight is 367 g/mol. The summed E-state index contributed by atoms with van der Waals surface area (Å²) < 4.78 is 29.9. The fraction of sp³-hybridized carbons (Fsp3) is 0.333. The summed E-state index contributed by atoms with van der Waals surface area (Å²) in [5.41, 5.74) is -0.499. The largest absolute Gasteiger partial charge is 0.330 e. The number of aryl methyl sites for hydroxylation is 1. The van der Waals surface area contributed by atoms with E-state index >= 15 is 0 Å². The SMILES string of the molecule is Cn1cc(S(=O)(=O)NC2CCSc3ccccc32)c(=O)n(C)c1=O. The third kappa shape index (κ3) is 2.94. The van der Waals surface area contributed by atoms with Crippen molar-refractivity contribution in [3.8, 4) is 0 Å². The van der Waals surface area contributed by atoms with E-state index in [1.165, 1.54) is 14.1 Å². The van der Waals surface area contributed by atoms with E-state index in [0.29, 0.717) is 6.42 Å². The molecule has 0 radical (unpaired) electrons.